The summed E-state index contributed by atoms with van der Waals surface area (Å²) >= 11 is 0. The van der Waals surface area contributed by atoms with Crippen LogP contribution in [0.2, 0.25) is 0 Å². The fourth-order valence-electron chi connectivity index (χ4n) is 3.20. The van der Waals surface area contributed by atoms with Crippen LogP contribution >= 0.6 is 0 Å². The van der Waals surface area contributed by atoms with Gasteiger partial charge >= 0.3 is 0 Å². The highest BCUT2D eigenvalue weighted by Crippen LogP contribution is 2.39. The molecule has 3 rings (SSSR count). The second-order valence-corrected chi connectivity index (χ2v) is 7.09. The van der Waals surface area contributed by atoms with E-state index < -0.39 is 43.1 Å². The first-order valence-corrected chi connectivity index (χ1v) is 9.07. The number of hydrogen-bond donors (Lipinski definition) is 2. The molecule has 0 aromatic heterocycles. The molecule has 5 atom stereocenters. The molecule has 7 nitrogen and oxygen atoms in total. The molecule has 146 valence electrons. The second kappa shape index (κ2) is 8.21. The van der Waals surface area contributed by atoms with Crippen molar-refractivity contribution in [2.75, 3.05) is 13.2 Å². The van der Waals surface area contributed by atoms with Gasteiger partial charge in [-0.1, -0.05) is 19.1 Å². The molecule has 0 amide bonds. The minimum Gasteiger partial charge on any atom is -0.494 e. The van der Waals surface area contributed by atoms with E-state index in [4.69, 9.17) is 23.7 Å². The molecule has 0 bridgehead atoms. The molecule has 2 aliphatic heterocycles. The normalized spacial score (nSPS) is 31.0. The molecule has 2 fully saturated rings. The van der Waals surface area contributed by atoms with E-state index in [0.717, 1.165) is 17.7 Å². The van der Waals surface area contributed by atoms with E-state index in [1.54, 1.807) is 13.8 Å². The predicted octanol–water partition coefficient (Wildman–Crippen LogP) is 1.59. The molecule has 2 N–H and O–H groups in total. The maximum atomic E-state index is 10.0. The largest absolute Gasteiger partial charge is 0.494 e. The first kappa shape index (κ1) is 19.5. The molecule has 2 aliphatic rings. The van der Waals surface area contributed by atoms with Crippen molar-refractivity contribution < 1.29 is 33.9 Å². The highest BCUT2D eigenvalue weighted by Gasteiger charge is 2.56. The molecule has 7 heteroatoms. The van der Waals surface area contributed by atoms with Gasteiger partial charge in [-0.05, 0) is 38.0 Å². The number of hydrogen-bond acceptors (Lipinski definition) is 7. The second-order valence-electron chi connectivity index (χ2n) is 7.09. The minimum absolute atomic E-state index is 0.323. The summed E-state index contributed by atoms with van der Waals surface area (Å²) < 4.78 is 28.9. The lowest BCUT2D eigenvalue weighted by molar-refractivity contribution is -0.232. The Balaban J connectivity index is 1.63. The van der Waals surface area contributed by atoms with E-state index in [2.05, 4.69) is 6.92 Å². The van der Waals surface area contributed by atoms with Gasteiger partial charge in [0.2, 0.25) is 0 Å². The molecule has 0 saturated carbocycles. The van der Waals surface area contributed by atoms with Crippen LogP contribution in [0.5, 0.6) is 5.75 Å². The average molecular weight is 368 g/mol. The van der Waals surface area contributed by atoms with Crippen molar-refractivity contribution in [2.45, 2.75) is 70.3 Å². The van der Waals surface area contributed by atoms with Crippen molar-refractivity contribution in [1.82, 2.24) is 0 Å². The lowest BCUT2D eigenvalue weighted by Gasteiger charge is -2.28. The first-order chi connectivity index (χ1) is 12.4. The van der Waals surface area contributed by atoms with Gasteiger partial charge in [-0.25, -0.2) is 0 Å². The SMILES string of the molecule is CCCOc1ccc(CO[C@@H]2[C@H]([C@H](O)CO)O[C@@H]3OC(C)(C)O[C@@H]32)cc1. The topological polar surface area (TPSA) is 86.6 Å². The van der Waals surface area contributed by atoms with E-state index in [0.29, 0.717) is 13.2 Å². The van der Waals surface area contributed by atoms with Gasteiger partial charge in [-0.2, -0.15) is 0 Å². The Kier molecular flexibility index (Phi) is 6.17. The summed E-state index contributed by atoms with van der Waals surface area (Å²) in [5, 5.41) is 19.3. The van der Waals surface area contributed by atoms with Crippen LogP contribution in [0.1, 0.15) is 32.8 Å². The van der Waals surface area contributed by atoms with Crippen molar-refractivity contribution in [1.29, 1.82) is 0 Å². The Morgan fingerprint density at radius 3 is 2.58 bits per heavy atom. The fraction of sp³-hybridized carbons (Fsp3) is 0.684. The summed E-state index contributed by atoms with van der Waals surface area (Å²) in [6.45, 7) is 6.26. The van der Waals surface area contributed by atoms with Crippen molar-refractivity contribution >= 4 is 0 Å². The Morgan fingerprint density at radius 2 is 1.92 bits per heavy atom. The van der Waals surface area contributed by atoms with Crippen LogP contribution in [0.3, 0.4) is 0 Å². The average Bonchev–Trinajstić information content (AvgIpc) is 3.10. The molecule has 2 heterocycles. The van der Waals surface area contributed by atoms with Gasteiger partial charge in [-0.3, -0.25) is 0 Å². The molecule has 0 radical (unpaired) electrons. The molecule has 1 aromatic carbocycles. The van der Waals surface area contributed by atoms with Gasteiger partial charge in [-0.15, -0.1) is 0 Å². The van der Waals surface area contributed by atoms with Gasteiger partial charge in [0.1, 0.15) is 30.2 Å². The maximum absolute atomic E-state index is 10.0. The highest BCUT2D eigenvalue weighted by molar-refractivity contribution is 5.26. The Labute approximate surface area is 153 Å². The summed E-state index contributed by atoms with van der Waals surface area (Å²) in [4.78, 5) is 0. The zero-order valence-corrected chi connectivity index (χ0v) is 15.5. The fourth-order valence-corrected chi connectivity index (χ4v) is 3.20. The summed E-state index contributed by atoms with van der Waals surface area (Å²) in [5.41, 5.74) is 0.965. The minimum atomic E-state index is -1.06. The zero-order chi connectivity index (χ0) is 18.7. The smallest absolute Gasteiger partial charge is 0.190 e. The van der Waals surface area contributed by atoms with Crippen molar-refractivity contribution in [3.8, 4) is 5.75 Å². The van der Waals surface area contributed by atoms with Gasteiger partial charge in [0.05, 0.1) is 19.8 Å². The van der Waals surface area contributed by atoms with Crippen LogP contribution in [0.4, 0.5) is 0 Å². The number of ether oxygens (including phenoxy) is 5. The van der Waals surface area contributed by atoms with E-state index in [1.807, 2.05) is 24.3 Å². The number of aliphatic hydroxyl groups excluding tert-OH is 2. The van der Waals surface area contributed by atoms with E-state index >= 15 is 0 Å². The Morgan fingerprint density at radius 1 is 1.19 bits per heavy atom. The third-order valence-electron chi connectivity index (χ3n) is 4.43. The van der Waals surface area contributed by atoms with Crippen LogP contribution in [-0.2, 0) is 25.6 Å². The van der Waals surface area contributed by atoms with Gasteiger partial charge in [0.15, 0.2) is 12.1 Å². The summed E-state index contributed by atoms with van der Waals surface area (Å²) in [7, 11) is 0. The lowest BCUT2D eigenvalue weighted by atomic mass is 10.1. The molecule has 0 aliphatic carbocycles. The molecule has 2 saturated heterocycles. The Hall–Kier alpha value is -1.22. The molecule has 1 aromatic rings. The number of rotatable bonds is 8. The van der Waals surface area contributed by atoms with Gasteiger partial charge < -0.3 is 33.9 Å². The molecule has 0 spiro atoms. The van der Waals surface area contributed by atoms with E-state index in [-0.39, 0.29) is 0 Å². The maximum Gasteiger partial charge on any atom is 0.190 e. The summed E-state index contributed by atoms with van der Waals surface area (Å²) in [6, 6.07) is 7.68. The van der Waals surface area contributed by atoms with Crippen LogP contribution in [-0.4, -0.2) is 59.9 Å². The van der Waals surface area contributed by atoms with Gasteiger partial charge in [0.25, 0.3) is 0 Å². The summed E-state index contributed by atoms with van der Waals surface area (Å²) in [6.07, 6.45) is -2.43. The van der Waals surface area contributed by atoms with Crippen molar-refractivity contribution in [2.24, 2.45) is 0 Å². The molecule has 0 unspecified atom stereocenters. The standard InChI is InChI=1S/C19H28O7/c1-4-9-22-13-7-5-12(6-8-13)11-23-16-15(14(21)10-20)24-18-17(16)25-19(2,3)26-18/h5-8,14-18,20-21H,4,9-11H2,1-3H3/t14-,15+,16-,17-,18-/m1/s1. The quantitative estimate of drug-likeness (QED) is 0.720. The molecule has 26 heavy (non-hydrogen) atoms. The highest BCUT2D eigenvalue weighted by atomic mass is 16.8. The number of benzene rings is 1. The zero-order valence-electron chi connectivity index (χ0n) is 15.5. The van der Waals surface area contributed by atoms with Crippen LogP contribution in [0.15, 0.2) is 24.3 Å². The summed E-state index contributed by atoms with van der Waals surface area (Å²) in [5.74, 6) is 0.0485. The van der Waals surface area contributed by atoms with Crippen molar-refractivity contribution in [3.63, 3.8) is 0 Å². The van der Waals surface area contributed by atoms with Gasteiger partial charge in [0, 0.05) is 0 Å². The van der Waals surface area contributed by atoms with E-state index in [9.17, 15) is 10.2 Å². The van der Waals surface area contributed by atoms with Crippen LogP contribution < -0.4 is 4.74 Å². The molecular formula is C19H28O7. The Bertz CT molecular complexity index is 574. The lowest BCUT2D eigenvalue weighted by Crippen LogP contribution is -2.44. The molecular weight excluding hydrogens is 340 g/mol. The first-order valence-electron chi connectivity index (χ1n) is 9.07. The van der Waals surface area contributed by atoms with E-state index in [1.165, 1.54) is 0 Å². The van der Waals surface area contributed by atoms with Crippen LogP contribution in [0.25, 0.3) is 0 Å². The predicted molar refractivity (Wildman–Crippen MR) is 92.6 cm³/mol. The van der Waals surface area contributed by atoms with Crippen molar-refractivity contribution in [3.05, 3.63) is 29.8 Å². The van der Waals surface area contributed by atoms with Crippen LogP contribution in [0, 0.1) is 0 Å². The third-order valence-corrected chi connectivity index (χ3v) is 4.43. The third kappa shape index (κ3) is 4.36. The number of fused-ring (bicyclic) bond motifs is 1. The number of aliphatic hydroxyl groups is 2. The monoisotopic (exact) mass is 368 g/mol.